The van der Waals surface area contributed by atoms with E-state index in [4.69, 9.17) is 4.98 Å². The molecule has 4 heterocycles. The van der Waals surface area contributed by atoms with Crippen molar-refractivity contribution in [2.24, 2.45) is 0 Å². The highest BCUT2D eigenvalue weighted by molar-refractivity contribution is 5.86. The first-order valence-corrected chi connectivity index (χ1v) is 13.0. The molecule has 0 bridgehead atoms. The van der Waals surface area contributed by atoms with Crippen LogP contribution < -0.4 is 4.90 Å². The fourth-order valence-corrected chi connectivity index (χ4v) is 5.63. The molecule has 6 nitrogen and oxygen atoms in total. The summed E-state index contributed by atoms with van der Waals surface area (Å²) in [5, 5.41) is 10.1. The van der Waals surface area contributed by atoms with Gasteiger partial charge < -0.3 is 9.47 Å². The first-order chi connectivity index (χ1) is 17.0. The van der Waals surface area contributed by atoms with Crippen LogP contribution in [0, 0.1) is 32.1 Å². The van der Waals surface area contributed by atoms with Crippen molar-refractivity contribution in [1.82, 2.24) is 18.9 Å². The minimum Gasteiger partial charge on any atom is -0.355 e. The van der Waals surface area contributed by atoms with E-state index in [2.05, 4.69) is 82.9 Å². The molecule has 6 heteroatoms. The molecule has 3 aromatic heterocycles. The van der Waals surface area contributed by atoms with Crippen molar-refractivity contribution < 1.29 is 0 Å². The lowest BCUT2D eigenvalue weighted by Crippen LogP contribution is -2.48. The summed E-state index contributed by atoms with van der Waals surface area (Å²) in [6.45, 7) is 14.9. The standard InChI is InChI=1S/C29H36N6/c1-5-6-9-24-23(4)25(20-30)28-31-26-10-7-8-11-27(26)35(28)29(24)33-17-14-32(15-18-33)16-19-34-21(2)12-13-22(34)3/h7-8,10-13H,5-6,9,14-19H2,1-4H3. The van der Waals surface area contributed by atoms with Crippen LogP contribution >= 0.6 is 0 Å². The van der Waals surface area contributed by atoms with Crippen LogP contribution in [0.15, 0.2) is 36.4 Å². The second kappa shape index (κ2) is 9.75. The zero-order valence-electron chi connectivity index (χ0n) is 21.5. The van der Waals surface area contributed by atoms with E-state index in [1.54, 1.807) is 0 Å². The maximum Gasteiger partial charge on any atom is 0.157 e. The predicted octanol–water partition coefficient (Wildman–Crippen LogP) is 5.25. The Hall–Kier alpha value is -3.30. The maximum absolute atomic E-state index is 10.1. The number of hydrogen-bond donors (Lipinski definition) is 0. The van der Waals surface area contributed by atoms with Gasteiger partial charge in [0.1, 0.15) is 11.9 Å². The van der Waals surface area contributed by atoms with Gasteiger partial charge in [0.25, 0.3) is 0 Å². The van der Waals surface area contributed by atoms with Gasteiger partial charge in [-0.05, 0) is 69.0 Å². The smallest absolute Gasteiger partial charge is 0.157 e. The van der Waals surface area contributed by atoms with Gasteiger partial charge in [0.2, 0.25) is 0 Å². The van der Waals surface area contributed by atoms with Crippen LogP contribution in [0.2, 0.25) is 0 Å². The molecule has 0 radical (unpaired) electrons. The Morgan fingerprint density at radius 3 is 2.34 bits per heavy atom. The van der Waals surface area contributed by atoms with E-state index in [1.165, 1.54) is 22.8 Å². The van der Waals surface area contributed by atoms with Crippen molar-refractivity contribution >= 4 is 22.5 Å². The Morgan fingerprint density at radius 2 is 1.66 bits per heavy atom. The second-order valence-electron chi connectivity index (χ2n) is 9.87. The van der Waals surface area contributed by atoms with Crippen molar-refractivity contribution in [3.8, 4) is 6.07 Å². The number of rotatable bonds is 7. The molecule has 1 aliphatic heterocycles. The minimum atomic E-state index is 0.715. The summed E-state index contributed by atoms with van der Waals surface area (Å²) in [6, 6.07) is 15.2. The van der Waals surface area contributed by atoms with Crippen LogP contribution in [-0.2, 0) is 13.0 Å². The first-order valence-electron chi connectivity index (χ1n) is 13.0. The average molecular weight is 469 g/mol. The Labute approximate surface area is 208 Å². The van der Waals surface area contributed by atoms with Crippen molar-refractivity contribution in [2.45, 2.75) is 53.5 Å². The molecule has 0 atom stereocenters. The van der Waals surface area contributed by atoms with Gasteiger partial charge in [-0.1, -0.05) is 25.5 Å². The Kier molecular flexibility index (Phi) is 6.53. The Bertz CT molecular complexity index is 1380. The third-order valence-electron chi connectivity index (χ3n) is 7.71. The summed E-state index contributed by atoms with van der Waals surface area (Å²) in [6.07, 6.45) is 3.24. The second-order valence-corrected chi connectivity index (χ2v) is 9.87. The molecule has 1 aromatic carbocycles. The van der Waals surface area contributed by atoms with E-state index in [1.807, 2.05) is 6.07 Å². The number of aryl methyl sites for hydroxylation is 2. The number of benzene rings is 1. The number of nitrogens with zero attached hydrogens (tertiary/aromatic N) is 6. The molecule has 35 heavy (non-hydrogen) atoms. The van der Waals surface area contributed by atoms with Gasteiger partial charge in [-0.2, -0.15) is 5.26 Å². The number of hydrogen-bond acceptors (Lipinski definition) is 4. The van der Waals surface area contributed by atoms with E-state index in [-0.39, 0.29) is 0 Å². The van der Waals surface area contributed by atoms with Crippen molar-refractivity contribution in [2.75, 3.05) is 37.6 Å². The highest BCUT2D eigenvalue weighted by Gasteiger charge is 2.26. The van der Waals surface area contributed by atoms with Gasteiger partial charge >= 0.3 is 0 Å². The SMILES string of the molecule is CCCCc1c(C)c(C#N)c2nc3ccccc3n2c1N1CCN(CCn2c(C)ccc2C)CC1. The predicted molar refractivity (Wildman–Crippen MR) is 143 cm³/mol. The number of anilines is 1. The lowest BCUT2D eigenvalue weighted by Gasteiger charge is -2.38. The molecule has 0 N–H and O–H groups in total. The summed E-state index contributed by atoms with van der Waals surface area (Å²) in [5.41, 5.74) is 8.63. The average Bonchev–Trinajstić information content (AvgIpc) is 3.41. The summed E-state index contributed by atoms with van der Waals surface area (Å²) in [5.74, 6) is 1.25. The van der Waals surface area contributed by atoms with Crippen LogP contribution in [-0.4, -0.2) is 51.6 Å². The summed E-state index contributed by atoms with van der Waals surface area (Å²) < 4.78 is 4.69. The molecule has 5 rings (SSSR count). The molecule has 0 unspecified atom stereocenters. The molecule has 1 saturated heterocycles. The van der Waals surface area contributed by atoms with Crippen molar-refractivity contribution in [3.63, 3.8) is 0 Å². The molecule has 0 spiro atoms. The number of aromatic nitrogens is 3. The lowest BCUT2D eigenvalue weighted by atomic mass is 9.99. The van der Waals surface area contributed by atoms with Gasteiger partial charge in [0.15, 0.2) is 5.65 Å². The van der Waals surface area contributed by atoms with Gasteiger partial charge in [0, 0.05) is 50.7 Å². The number of fused-ring (bicyclic) bond motifs is 3. The number of nitriles is 1. The van der Waals surface area contributed by atoms with E-state index in [0.29, 0.717) is 5.56 Å². The van der Waals surface area contributed by atoms with Gasteiger partial charge in [0.05, 0.1) is 16.6 Å². The van der Waals surface area contributed by atoms with E-state index >= 15 is 0 Å². The molecule has 1 aliphatic rings. The maximum atomic E-state index is 10.1. The third-order valence-corrected chi connectivity index (χ3v) is 7.71. The van der Waals surface area contributed by atoms with Crippen molar-refractivity contribution in [1.29, 1.82) is 5.26 Å². The van der Waals surface area contributed by atoms with Crippen molar-refractivity contribution in [3.05, 3.63) is 64.5 Å². The lowest BCUT2D eigenvalue weighted by molar-refractivity contribution is 0.246. The molecular weight excluding hydrogens is 432 g/mol. The fraction of sp³-hybridized carbons (Fsp3) is 0.448. The topological polar surface area (TPSA) is 52.5 Å². The summed E-state index contributed by atoms with van der Waals surface area (Å²) in [7, 11) is 0. The third kappa shape index (κ3) is 4.19. The molecule has 182 valence electrons. The van der Waals surface area contributed by atoms with Gasteiger partial charge in [-0.25, -0.2) is 4.98 Å². The minimum absolute atomic E-state index is 0.715. The number of para-hydroxylation sites is 2. The van der Waals surface area contributed by atoms with Crippen LogP contribution in [0.25, 0.3) is 16.7 Å². The fourth-order valence-electron chi connectivity index (χ4n) is 5.63. The van der Waals surface area contributed by atoms with E-state index in [9.17, 15) is 5.26 Å². The van der Waals surface area contributed by atoms with Gasteiger partial charge in [-0.15, -0.1) is 0 Å². The molecule has 0 aliphatic carbocycles. The van der Waals surface area contributed by atoms with E-state index < -0.39 is 0 Å². The largest absolute Gasteiger partial charge is 0.355 e. The molecular formula is C29H36N6. The Morgan fingerprint density at radius 1 is 0.943 bits per heavy atom. The van der Waals surface area contributed by atoms with Crippen LogP contribution in [0.4, 0.5) is 5.82 Å². The molecule has 0 amide bonds. The normalized spacial score (nSPS) is 14.8. The quantitative estimate of drug-likeness (QED) is 0.372. The number of unbranched alkanes of at least 4 members (excludes halogenated alkanes) is 1. The van der Waals surface area contributed by atoms with Crippen LogP contribution in [0.3, 0.4) is 0 Å². The van der Waals surface area contributed by atoms with Crippen LogP contribution in [0.1, 0.15) is 47.8 Å². The number of piperazine rings is 1. The zero-order chi connectivity index (χ0) is 24.5. The highest BCUT2D eigenvalue weighted by Crippen LogP contribution is 2.34. The molecule has 0 saturated carbocycles. The number of pyridine rings is 1. The van der Waals surface area contributed by atoms with E-state index in [0.717, 1.165) is 80.8 Å². The van der Waals surface area contributed by atoms with Gasteiger partial charge in [-0.3, -0.25) is 9.30 Å². The summed E-state index contributed by atoms with van der Waals surface area (Å²) >= 11 is 0. The first kappa shape index (κ1) is 23.4. The monoisotopic (exact) mass is 468 g/mol. The Balaban J connectivity index is 1.49. The zero-order valence-corrected chi connectivity index (χ0v) is 21.5. The highest BCUT2D eigenvalue weighted by atomic mass is 15.3. The molecule has 1 fully saturated rings. The molecule has 4 aromatic rings. The number of imidazole rings is 1. The summed E-state index contributed by atoms with van der Waals surface area (Å²) in [4.78, 5) is 10.0. The van der Waals surface area contributed by atoms with Crippen LogP contribution in [0.5, 0.6) is 0 Å².